The standard InChI is InChI=1S/C25H39N3O3/c1-20-9-7-10-21(2)28(20)24(29)19-31-23-13-11-22(12-14-23)25(30)26-15-8-18-27-16-5-3-4-6-17-27/h11-14,20-21H,3-10,15-19H2,1-2H3,(H,26,30). The van der Waals surface area contributed by atoms with Crippen LogP contribution in [0.25, 0.3) is 0 Å². The number of amides is 2. The van der Waals surface area contributed by atoms with E-state index in [1.54, 1.807) is 24.3 Å². The second-order valence-electron chi connectivity index (χ2n) is 9.11. The van der Waals surface area contributed by atoms with Crippen LogP contribution in [0.1, 0.15) is 75.6 Å². The Kier molecular flexibility index (Phi) is 9.19. The number of carbonyl (C=O) groups excluding carboxylic acids is 2. The predicted octanol–water partition coefficient (Wildman–Crippen LogP) is 3.85. The van der Waals surface area contributed by atoms with Gasteiger partial charge in [0.2, 0.25) is 0 Å². The number of carbonyl (C=O) groups is 2. The van der Waals surface area contributed by atoms with Crippen LogP contribution in [0.15, 0.2) is 24.3 Å². The second-order valence-corrected chi connectivity index (χ2v) is 9.11. The van der Waals surface area contributed by atoms with Gasteiger partial charge in [-0.2, -0.15) is 0 Å². The van der Waals surface area contributed by atoms with E-state index in [1.807, 2.05) is 4.90 Å². The molecule has 1 N–H and O–H groups in total. The van der Waals surface area contributed by atoms with Crippen molar-refractivity contribution in [2.24, 2.45) is 0 Å². The van der Waals surface area contributed by atoms with Crippen LogP contribution in [-0.4, -0.2) is 66.5 Å². The number of hydrogen-bond acceptors (Lipinski definition) is 4. The smallest absolute Gasteiger partial charge is 0.260 e. The molecular weight excluding hydrogens is 390 g/mol. The Hall–Kier alpha value is -2.08. The maximum atomic E-state index is 12.6. The fourth-order valence-electron chi connectivity index (χ4n) is 4.80. The van der Waals surface area contributed by atoms with E-state index in [1.165, 1.54) is 45.2 Å². The van der Waals surface area contributed by atoms with E-state index in [0.29, 0.717) is 17.9 Å². The van der Waals surface area contributed by atoms with Crippen molar-refractivity contribution in [2.45, 2.75) is 77.3 Å². The summed E-state index contributed by atoms with van der Waals surface area (Å²) in [7, 11) is 0. The Labute approximate surface area is 187 Å². The molecule has 0 radical (unpaired) electrons. The fourth-order valence-corrected chi connectivity index (χ4v) is 4.80. The topological polar surface area (TPSA) is 61.9 Å². The summed E-state index contributed by atoms with van der Waals surface area (Å²) in [4.78, 5) is 29.4. The first-order chi connectivity index (χ1) is 15.0. The zero-order valence-electron chi connectivity index (χ0n) is 19.3. The van der Waals surface area contributed by atoms with E-state index in [-0.39, 0.29) is 30.5 Å². The van der Waals surface area contributed by atoms with Crippen LogP contribution >= 0.6 is 0 Å². The largest absolute Gasteiger partial charge is 0.484 e. The van der Waals surface area contributed by atoms with E-state index in [2.05, 4.69) is 24.1 Å². The highest BCUT2D eigenvalue weighted by atomic mass is 16.5. The SMILES string of the molecule is CC1CCCC(C)N1C(=O)COc1ccc(C(=O)NCCCN2CCCCCC2)cc1. The molecule has 6 nitrogen and oxygen atoms in total. The Morgan fingerprint density at radius 2 is 1.61 bits per heavy atom. The van der Waals surface area contributed by atoms with Gasteiger partial charge in [-0.15, -0.1) is 0 Å². The van der Waals surface area contributed by atoms with Crippen LogP contribution in [0.3, 0.4) is 0 Å². The van der Waals surface area contributed by atoms with Crippen LogP contribution in [0.4, 0.5) is 0 Å². The zero-order chi connectivity index (χ0) is 22.1. The van der Waals surface area contributed by atoms with Gasteiger partial charge in [0.25, 0.3) is 11.8 Å². The molecule has 2 aliphatic rings. The molecule has 0 aliphatic carbocycles. The third-order valence-electron chi connectivity index (χ3n) is 6.60. The highest BCUT2D eigenvalue weighted by molar-refractivity contribution is 5.94. The summed E-state index contributed by atoms with van der Waals surface area (Å²) in [6, 6.07) is 7.59. The number of hydrogen-bond donors (Lipinski definition) is 1. The molecule has 0 aromatic heterocycles. The molecule has 2 heterocycles. The van der Waals surface area contributed by atoms with E-state index in [9.17, 15) is 9.59 Å². The van der Waals surface area contributed by atoms with Crippen LogP contribution in [0.5, 0.6) is 5.75 Å². The first kappa shape index (κ1) is 23.6. The molecule has 172 valence electrons. The molecule has 2 fully saturated rings. The summed E-state index contributed by atoms with van der Waals surface area (Å²) < 4.78 is 5.70. The lowest BCUT2D eigenvalue weighted by molar-refractivity contribution is -0.139. The highest BCUT2D eigenvalue weighted by Crippen LogP contribution is 2.23. The predicted molar refractivity (Wildman–Crippen MR) is 123 cm³/mol. The number of benzene rings is 1. The van der Waals surface area contributed by atoms with Crippen LogP contribution < -0.4 is 10.1 Å². The van der Waals surface area contributed by atoms with Crippen molar-refractivity contribution in [3.8, 4) is 5.75 Å². The zero-order valence-corrected chi connectivity index (χ0v) is 19.3. The van der Waals surface area contributed by atoms with Crippen LogP contribution in [-0.2, 0) is 4.79 Å². The summed E-state index contributed by atoms with van der Waals surface area (Å²) >= 11 is 0. The Balaban J connectivity index is 1.37. The lowest BCUT2D eigenvalue weighted by atomic mass is 9.97. The molecule has 3 rings (SSSR count). The number of nitrogens with zero attached hydrogens (tertiary/aromatic N) is 2. The van der Waals surface area contributed by atoms with Crippen molar-refractivity contribution >= 4 is 11.8 Å². The molecule has 2 saturated heterocycles. The number of likely N-dealkylation sites (tertiary alicyclic amines) is 2. The average Bonchev–Trinajstić information content (AvgIpc) is 3.04. The summed E-state index contributed by atoms with van der Waals surface area (Å²) in [5.41, 5.74) is 0.617. The molecule has 1 aromatic carbocycles. The lowest BCUT2D eigenvalue weighted by Crippen LogP contribution is -2.49. The minimum absolute atomic E-state index is 0.0333. The minimum Gasteiger partial charge on any atom is -0.484 e. The van der Waals surface area contributed by atoms with Gasteiger partial charge in [0.1, 0.15) is 5.75 Å². The van der Waals surface area contributed by atoms with E-state index in [0.717, 1.165) is 25.8 Å². The molecule has 2 atom stereocenters. The molecule has 0 saturated carbocycles. The molecule has 31 heavy (non-hydrogen) atoms. The normalized spacial score (nSPS) is 22.6. The minimum atomic E-state index is -0.0607. The summed E-state index contributed by atoms with van der Waals surface area (Å²) in [5.74, 6) is 0.587. The Bertz CT molecular complexity index is 688. The summed E-state index contributed by atoms with van der Waals surface area (Å²) in [6.45, 7) is 8.37. The molecule has 0 bridgehead atoms. The Morgan fingerprint density at radius 3 is 2.26 bits per heavy atom. The third-order valence-corrected chi connectivity index (χ3v) is 6.60. The molecule has 1 aromatic rings. The monoisotopic (exact) mass is 429 g/mol. The molecule has 6 heteroatoms. The van der Waals surface area contributed by atoms with Gasteiger partial charge in [-0.3, -0.25) is 9.59 Å². The lowest BCUT2D eigenvalue weighted by Gasteiger charge is -2.38. The number of ether oxygens (including phenoxy) is 1. The van der Waals surface area contributed by atoms with Crippen molar-refractivity contribution in [1.29, 1.82) is 0 Å². The maximum Gasteiger partial charge on any atom is 0.260 e. The van der Waals surface area contributed by atoms with Crippen molar-refractivity contribution in [3.05, 3.63) is 29.8 Å². The van der Waals surface area contributed by atoms with Crippen molar-refractivity contribution < 1.29 is 14.3 Å². The summed E-state index contributed by atoms with van der Waals surface area (Å²) in [5, 5.41) is 3.01. The van der Waals surface area contributed by atoms with Crippen molar-refractivity contribution in [1.82, 2.24) is 15.1 Å². The fraction of sp³-hybridized carbons (Fsp3) is 0.680. The van der Waals surface area contributed by atoms with Crippen molar-refractivity contribution in [3.63, 3.8) is 0 Å². The van der Waals surface area contributed by atoms with Gasteiger partial charge in [0.05, 0.1) is 0 Å². The van der Waals surface area contributed by atoms with Gasteiger partial charge in [-0.1, -0.05) is 12.8 Å². The van der Waals surface area contributed by atoms with Gasteiger partial charge in [0, 0.05) is 24.2 Å². The number of nitrogens with one attached hydrogen (secondary N) is 1. The highest BCUT2D eigenvalue weighted by Gasteiger charge is 2.28. The van der Waals surface area contributed by atoms with E-state index < -0.39 is 0 Å². The first-order valence-corrected chi connectivity index (χ1v) is 12.1. The summed E-state index contributed by atoms with van der Waals surface area (Å²) in [6.07, 6.45) is 9.53. The molecule has 2 aliphatic heterocycles. The van der Waals surface area contributed by atoms with Gasteiger partial charge in [0.15, 0.2) is 6.61 Å². The van der Waals surface area contributed by atoms with E-state index >= 15 is 0 Å². The number of piperidine rings is 1. The van der Waals surface area contributed by atoms with E-state index in [4.69, 9.17) is 4.74 Å². The maximum absolute atomic E-state index is 12.6. The van der Waals surface area contributed by atoms with Gasteiger partial charge < -0.3 is 19.9 Å². The van der Waals surface area contributed by atoms with Crippen molar-refractivity contribution in [2.75, 3.05) is 32.8 Å². The molecule has 2 amide bonds. The first-order valence-electron chi connectivity index (χ1n) is 12.1. The average molecular weight is 430 g/mol. The van der Waals surface area contributed by atoms with Gasteiger partial charge in [-0.05, 0) is 96.3 Å². The Morgan fingerprint density at radius 1 is 0.968 bits per heavy atom. The van der Waals surface area contributed by atoms with Crippen LogP contribution in [0.2, 0.25) is 0 Å². The third kappa shape index (κ3) is 7.23. The second kappa shape index (κ2) is 12.1. The van der Waals surface area contributed by atoms with Crippen LogP contribution in [0, 0.1) is 0 Å². The molecular formula is C25H39N3O3. The van der Waals surface area contributed by atoms with Gasteiger partial charge in [-0.25, -0.2) is 0 Å². The van der Waals surface area contributed by atoms with Gasteiger partial charge >= 0.3 is 0 Å². The molecule has 0 spiro atoms. The quantitative estimate of drug-likeness (QED) is 0.638. The molecule has 2 unspecified atom stereocenters. The number of rotatable bonds is 8.